The molecule has 0 aliphatic carbocycles. The fraction of sp³-hybridized carbons (Fsp3) is 0.538. The molecule has 0 aliphatic heterocycles. The van der Waals surface area contributed by atoms with Crippen molar-refractivity contribution < 1.29 is 0 Å². The monoisotopic (exact) mass is 233 g/mol. The van der Waals surface area contributed by atoms with Crippen LogP contribution < -0.4 is 5.69 Å². The van der Waals surface area contributed by atoms with Gasteiger partial charge in [0.25, 0.3) is 0 Å². The van der Waals surface area contributed by atoms with Crippen LogP contribution in [0.2, 0.25) is 0 Å². The van der Waals surface area contributed by atoms with E-state index in [1.165, 1.54) is 0 Å². The highest BCUT2D eigenvalue weighted by Crippen LogP contribution is 2.21. The van der Waals surface area contributed by atoms with Gasteiger partial charge in [0.05, 0.1) is 5.52 Å². The Balaban J connectivity index is 2.51. The molecule has 0 atom stereocenters. The number of pyridine rings is 1. The van der Waals surface area contributed by atoms with Gasteiger partial charge >= 0.3 is 5.69 Å². The summed E-state index contributed by atoms with van der Waals surface area (Å²) in [6.07, 6.45) is 5.95. The molecule has 2 rings (SSSR count). The number of imidazole rings is 1. The topological polar surface area (TPSA) is 50.7 Å². The molecule has 2 heterocycles. The number of aromatic amines is 1. The lowest BCUT2D eigenvalue weighted by Gasteiger charge is -2.16. The highest BCUT2D eigenvalue weighted by atomic mass is 16.1. The van der Waals surface area contributed by atoms with Crippen LogP contribution in [0.4, 0.5) is 0 Å². The molecule has 1 N–H and O–H groups in total. The van der Waals surface area contributed by atoms with Gasteiger partial charge in [0, 0.05) is 12.2 Å². The van der Waals surface area contributed by atoms with Crippen LogP contribution in [0, 0.1) is 0 Å². The van der Waals surface area contributed by atoms with Crippen LogP contribution >= 0.6 is 0 Å². The Morgan fingerprint density at radius 2 is 2.06 bits per heavy atom. The van der Waals surface area contributed by atoms with E-state index in [0.29, 0.717) is 5.65 Å². The minimum atomic E-state index is -0.0365. The van der Waals surface area contributed by atoms with Gasteiger partial charge in [-0.3, -0.25) is 9.55 Å². The lowest BCUT2D eigenvalue weighted by molar-refractivity contribution is 0.427. The van der Waals surface area contributed by atoms with Crippen LogP contribution in [0.15, 0.2) is 23.1 Å². The Bertz CT molecular complexity index is 535. The Hall–Kier alpha value is -1.58. The number of H-pyrrole nitrogens is 1. The summed E-state index contributed by atoms with van der Waals surface area (Å²) in [5.41, 5.74) is 1.57. The molecule has 4 heteroatoms. The van der Waals surface area contributed by atoms with Crippen molar-refractivity contribution in [1.82, 2.24) is 14.5 Å². The molecule has 4 nitrogen and oxygen atoms in total. The third-order valence-corrected chi connectivity index (χ3v) is 3.10. The second-order valence-corrected chi connectivity index (χ2v) is 4.40. The van der Waals surface area contributed by atoms with E-state index in [0.717, 1.165) is 31.2 Å². The van der Waals surface area contributed by atoms with E-state index in [-0.39, 0.29) is 11.7 Å². The molecule has 0 fully saturated rings. The molecule has 0 radical (unpaired) electrons. The molecule has 2 aromatic rings. The highest BCUT2D eigenvalue weighted by molar-refractivity contribution is 5.70. The maximum absolute atomic E-state index is 12.0. The molecule has 17 heavy (non-hydrogen) atoms. The Labute approximate surface area is 101 Å². The van der Waals surface area contributed by atoms with Crippen LogP contribution in [0.25, 0.3) is 11.2 Å². The van der Waals surface area contributed by atoms with Gasteiger partial charge in [-0.1, -0.05) is 26.7 Å². The first kappa shape index (κ1) is 11.9. The second-order valence-electron chi connectivity index (χ2n) is 4.40. The SMILES string of the molecule is CCCC(CCC)n1c(=O)[nH]c2ncccc21. The number of hydrogen-bond acceptors (Lipinski definition) is 2. The summed E-state index contributed by atoms with van der Waals surface area (Å²) in [5.74, 6) is 0. The van der Waals surface area contributed by atoms with Gasteiger partial charge in [-0.15, -0.1) is 0 Å². The van der Waals surface area contributed by atoms with Crippen molar-refractivity contribution in [2.45, 2.75) is 45.6 Å². The van der Waals surface area contributed by atoms with Gasteiger partial charge in [0.2, 0.25) is 0 Å². The Kier molecular flexibility index (Phi) is 3.61. The minimum Gasteiger partial charge on any atom is -0.290 e. The van der Waals surface area contributed by atoms with Crippen molar-refractivity contribution in [3.63, 3.8) is 0 Å². The Morgan fingerprint density at radius 3 is 2.71 bits per heavy atom. The van der Waals surface area contributed by atoms with Crippen LogP contribution in [-0.4, -0.2) is 14.5 Å². The normalized spacial score (nSPS) is 11.5. The zero-order chi connectivity index (χ0) is 12.3. The molecule has 0 bridgehead atoms. The van der Waals surface area contributed by atoms with E-state index in [9.17, 15) is 4.79 Å². The molecular formula is C13H19N3O. The summed E-state index contributed by atoms with van der Waals surface area (Å²) in [6.45, 7) is 4.31. The number of fused-ring (bicyclic) bond motifs is 1. The zero-order valence-electron chi connectivity index (χ0n) is 10.4. The van der Waals surface area contributed by atoms with Gasteiger partial charge in [-0.05, 0) is 25.0 Å². The number of rotatable bonds is 5. The Morgan fingerprint density at radius 1 is 1.35 bits per heavy atom. The summed E-state index contributed by atoms with van der Waals surface area (Å²) in [7, 11) is 0. The molecular weight excluding hydrogens is 214 g/mol. The van der Waals surface area contributed by atoms with E-state index in [4.69, 9.17) is 0 Å². The van der Waals surface area contributed by atoms with Crippen molar-refractivity contribution in [2.75, 3.05) is 0 Å². The molecule has 0 amide bonds. The first-order chi connectivity index (χ1) is 8.27. The molecule has 0 saturated carbocycles. The van der Waals surface area contributed by atoms with Crippen molar-refractivity contribution in [2.24, 2.45) is 0 Å². The maximum atomic E-state index is 12.0. The predicted molar refractivity (Wildman–Crippen MR) is 69.2 cm³/mol. The van der Waals surface area contributed by atoms with E-state index in [2.05, 4.69) is 23.8 Å². The van der Waals surface area contributed by atoms with Crippen molar-refractivity contribution in [3.8, 4) is 0 Å². The molecule has 0 spiro atoms. The van der Waals surface area contributed by atoms with Crippen molar-refractivity contribution in [3.05, 3.63) is 28.8 Å². The van der Waals surface area contributed by atoms with E-state index in [1.807, 2.05) is 16.7 Å². The molecule has 0 aliphatic rings. The number of nitrogens with zero attached hydrogens (tertiary/aromatic N) is 2. The van der Waals surface area contributed by atoms with E-state index in [1.54, 1.807) is 6.20 Å². The first-order valence-electron chi connectivity index (χ1n) is 6.33. The van der Waals surface area contributed by atoms with Gasteiger partial charge < -0.3 is 0 Å². The van der Waals surface area contributed by atoms with Crippen LogP contribution in [0.3, 0.4) is 0 Å². The van der Waals surface area contributed by atoms with Gasteiger partial charge in [-0.25, -0.2) is 9.78 Å². The largest absolute Gasteiger partial charge is 0.327 e. The zero-order valence-corrected chi connectivity index (χ0v) is 10.4. The third kappa shape index (κ3) is 2.25. The molecule has 0 aromatic carbocycles. The average molecular weight is 233 g/mol. The minimum absolute atomic E-state index is 0.0365. The van der Waals surface area contributed by atoms with Crippen molar-refractivity contribution >= 4 is 11.2 Å². The lowest BCUT2D eigenvalue weighted by atomic mass is 10.1. The van der Waals surface area contributed by atoms with Gasteiger partial charge in [-0.2, -0.15) is 0 Å². The number of nitrogens with one attached hydrogen (secondary N) is 1. The van der Waals surface area contributed by atoms with Gasteiger partial charge in [0.1, 0.15) is 0 Å². The predicted octanol–water partition coefficient (Wildman–Crippen LogP) is 2.87. The summed E-state index contributed by atoms with van der Waals surface area (Å²) in [6, 6.07) is 4.12. The van der Waals surface area contributed by atoms with Crippen molar-refractivity contribution in [1.29, 1.82) is 0 Å². The summed E-state index contributed by atoms with van der Waals surface area (Å²) < 4.78 is 1.87. The lowest BCUT2D eigenvalue weighted by Crippen LogP contribution is -2.22. The number of hydrogen-bond donors (Lipinski definition) is 1. The van der Waals surface area contributed by atoms with E-state index < -0.39 is 0 Å². The second kappa shape index (κ2) is 5.17. The van der Waals surface area contributed by atoms with E-state index >= 15 is 0 Å². The third-order valence-electron chi connectivity index (χ3n) is 3.10. The van der Waals surface area contributed by atoms with Crippen LogP contribution in [-0.2, 0) is 0 Å². The smallest absolute Gasteiger partial charge is 0.290 e. The average Bonchev–Trinajstić information content (AvgIpc) is 2.64. The molecule has 92 valence electrons. The molecule has 2 aromatic heterocycles. The highest BCUT2D eigenvalue weighted by Gasteiger charge is 2.15. The number of aromatic nitrogens is 3. The fourth-order valence-electron chi connectivity index (χ4n) is 2.39. The van der Waals surface area contributed by atoms with Crippen LogP contribution in [0.1, 0.15) is 45.6 Å². The fourth-order valence-corrected chi connectivity index (χ4v) is 2.39. The maximum Gasteiger partial charge on any atom is 0.327 e. The quantitative estimate of drug-likeness (QED) is 0.863. The standard InChI is InChI=1S/C13H19N3O/c1-3-6-10(7-4-2)16-11-8-5-9-14-12(11)15-13(16)17/h5,8-10H,3-4,6-7H2,1-2H3,(H,14,15,17). The molecule has 0 saturated heterocycles. The summed E-state index contributed by atoms with van der Waals surface area (Å²) in [4.78, 5) is 19.0. The van der Waals surface area contributed by atoms with Gasteiger partial charge in [0.15, 0.2) is 5.65 Å². The summed E-state index contributed by atoms with van der Waals surface area (Å²) in [5, 5.41) is 0. The molecule has 0 unspecified atom stereocenters. The first-order valence-corrected chi connectivity index (χ1v) is 6.33. The summed E-state index contributed by atoms with van der Waals surface area (Å²) >= 11 is 0. The van der Waals surface area contributed by atoms with Crippen LogP contribution in [0.5, 0.6) is 0 Å².